The van der Waals surface area contributed by atoms with Gasteiger partial charge in [0.25, 0.3) is 0 Å². The molecule has 0 atom stereocenters. The van der Waals surface area contributed by atoms with E-state index in [9.17, 15) is 5.11 Å². The van der Waals surface area contributed by atoms with Gasteiger partial charge in [-0.25, -0.2) is 9.97 Å². The topological polar surface area (TPSA) is 58.0 Å². The lowest BCUT2D eigenvalue weighted by molar-refractivity contribution is 0.476. The average molecular weight is 270 g/mol. The molecule has 2 rings (SSSR count). The van der Waals surface area contributed by atoms with Crippen LogP contribution in [0.2, 0.25) is 10.0 Å². The van der Waals surface area contributed by atoms with E-state index in [1.165, 1.54) is 6.33 Å². The van der Waals surface area contributed by atoms with Crippen molar-refractivity contribution in [2.24, 2.45) is 0 Å². The fourth-order valence-corrected chi connectivity index (χ4v) is 1.78. The maximum atomic E-state index is 9.40. The Bertz CT molecular complexity index is 496. The lowest BCUT2D eigenvalue weighted by Crippen LogP contribution is -2.00. The summed E-state index contributed by atoms with van der Waals surface area (Å²) >= 11 is 11.6. The molecular formula is C11H9Cl2N3O. The highest BCUT2D eigenvalue weighted by atomic mass is 35.5. The van der Waals surface area contributed by atoms with Crippen molar-refractivity contribution in [1.82, 2.24) is 9.97 Å². The van der Waals surface area contributed by atoms with E-state index in [1.807, 2.05) is 0 Å². The number of halogens is 2. The summed E-state index contributed by atoms with van der Waals surface area (Å²) in [5.74, 6) is -0.109. The Morgan fingerprint density at radius 3 is 2.29 bits per heavy atom. The van der Waals surface area contributed by atoms with Crippen LogP contribution in [0.1, 0.15) is 5.56 Å². The number of phenolic OH excluding ortho intramolecular Hbond substituents is 1. The number of nitrogens with one attached hydrogen (secondary N) is 1. The van der Waals surface area contributed by atoms with Gasteiger partial charge in [-0.2, -0.15) is 0 Å². The van der Waals surface area contributed by atoms with Crippen molar-refractivity contribution < 1.29 is 5.11 Å². The summed E-state index contributed by atoms with van der Waals surface area (Å²) in [5, 5.41) is 12.9. The Morgan fingerprint density at radius 2 is 1.71 bits per heavy atom. The number of hydrogen-bond acceptors (Lipinski definition) is 4. The number of benzene rings is 1. The van der Waals surface area contributed by atoms with Gasteiger partial charge in [-0.1, -0.05) is 23.2 Å². The van der Waals surface area contributed by atoms with E-state index in [-0.39, 0.29) is 15.8 Å². The Hall–Kier alpha value is -1.52. The van der Waals surface area contributed by atoms with Crippen molar-refractivity contribution in [3.05, 3.63) is 46.5 Å². The van der Waals surface area contributed by atoms with Crippen LogP contribution >= 0.6 is 23.2 Å². The fourth-order valence-electron chi connectivity index (χ4n) is 1.29. The van der Waals surface area contributed by atoms with Crippen LogP contribution in [-0.2, 0) is 6.54 Å². The molecule has 0 saturated carbocycles. The summed E-state index contributed by atoms with van der Waals surface area (Å²) in [6.45, 7) is 0.554. The number of hydrogen-bond donors (Lipinski definition) is 2. The van der Waals surface area contributed by atoms with E-state index in [0.717, 1.165) is 11.3 Å². The van der Waals surface area contributed by atoms with Crippen molar-refractivity contribution >= 4 is 28.9 Å². The third-order valence-electron chi connectivity index (χ3n) is 2.13. The van der Waals surface area contributed by atoms with Gasteiger partial charge in [-0.3, -0.25) is 0 Å². The van der Waals surface area contributed by atoms with Gasteiger partial charge in [0.2, 0.25) is 0 Å². The van der Waals surface area contributed by atoms with Crippen LogP contribution in [0.4, 0.5) is 5.69 Å². The van der Waals surface area contributed by atoms with Crippen molar-refractivity contribution in [1.29, 1.82) is 0 Å². The molecular weight excluding hydrogens is 261 g/mol. The molecule has 88 valence electrons. The second-order valence-electron chi connectivity index (χ2n) is 3.39. The van der Waals surface area contributed by atoms with Crippen LogP contribution in [0.15, 0.2) is 30.9 Å². The van der Waals surface area contributed by atoms with Crippen LogP contribution in [0.25, 0.3) is 0 Å². The minimum atomic E-state index is -0.109. The smallest absolute Gasteiger partial charge is 0.152 e. The number of rotatable bonds is 3. The summed E-state index contributed by atoms with van der Waals surface area (Å²) < 4.78 is 0. The number of aromatic hydroxyl groups is 1. The van der Waals surface area contributed by atoms with E-state index >= 15 is 0 Å². The van der Waals surface area contributed by atoms with Crippen molar-refractivity contribution in [3.8, 4) is 5.75 Å². The van der Waals surface area contributed by atoms with E-state index in [1.54, 1.807) is 24.5 Å². The molecule has 6 heteroatoms. The monoisotopic (exact) mass is 269 g/mol. The maximum absolute atomic E-state index is 9.40. The molecule has 0 saturated heterocycles. The average Bonchev–Trinajstić information content (AvgIpc) is 2.34. The van der Waals surface area contributed by atoms with E-state index in [0.29, 0.717) is 6.54 Å². The van der Waals surface area contributed by atoms with Gasteiger partial charge in [0.05, 0.1) is 10.0 Å². The van der Waals surface area contributed by atoms with Gasteiger partial charge in [0, 0.05) is 30.2 Å². The summed E-state index contributed by atoms with van der Waals surface area (Å²) in [6.07, 6.45) is 4.89. The Kier molecular flexibility index (Phi) is 3.66. The van der Waals surface area contributed by atoms with Gasteiger partial charge in [0.15, 0.2) is 5.75 Å². The second kappa shape index (κ2) is 5.21. The van der Waals surface area contributed by atoms with Gasteiger partial charge < -0.3 is 10.4 Å². The van der Waals surface area contributed by atoms with E-state index < -0.39 is 0 Å². The molecule has 1 heterocycles. The Balaban J connectivity index is 2.10. The van der Waals surface area contributed by atoms with Crippen LogP contribution in [0.3, 0.4) is 0 Å². The highest BCUT2D eigenvalue weighted by molar-refractivity contribution is 6.37. The Morgan fingerprint density at radius 1 is 1.12 bits per heavy atom. The molecule has 17 heavy (non-hydrogen) atoms. The number of anilines is 1. The first-order valence-corrected chi connectivity index (χ1v) is 5.58. The predicted octanol–water partition coefficient (Wildman–Crippen LogP) is 3.10. The molecule has 0 aliphatic carbocycles. The largest absolute Gasteiger partial charge is 0.505 e. The molecule has 4 nitrogen and oxygen atoms in total. The van der Waals surface area contributed by atoms with Crippen molar-refractivity contribution in [2.45, 2.75) is 6.54 Å². The van der Waals surface area contributed by atoms with Crippen molar-refractivity contribution in [3.63, 3.8) is 0 Å². The molecule has 0 spiro atoms. The quantitative estimate of drug-likeness (QED) is 0.841. The highest BCUT2D eigenvalue weighted by Gasteiger charge is 2.06. The standard InChI is InChI=1S/C11H9Cl2N3O/c12-9-1-8(2-10(13)11(9)17)16-5-7-3-14-6-15-4-7/h1-4,6,16-17H,5H2. The molecule has 0 aliphatic heterocycles. The zero-order valence-electron chi connectivity index (χ0n) is 8.69. The first-order chi connectivity index (χ1) is 8.16. The van der Waals surface area contributed by atoms with Gasteiger partial charge in [-0.15, -0.1) is 0 Å². The normalized spacial score (nSPS) is 10.2. The lowest BCUT2D eigenvalue weighted by Gasteiger charge is -2.08. The third-order valence-corrected chi connectivity index (χ3v) is 2.70. The van der Waals surface area contributed by atoms with E-state index in [4.69, 9.17) is 23.2 Å². The van der Waals surface area contributed by atoms with Gasteiger partial charge in [-0.05, 0) is 12.1 Å². The minimum absolute atomic E-state index is 0.109. The number of nitrogens with zero attached hydrogens (tertiary/aromatic N) is 2. The van der Waals surface area contributed by atoms with Crippen LogP contribution < -0.4 is 5.32 Å². The molecule has 0 radical (unpaired) electrons. The first-order valence-electron chi connectivity index (χ1n) is 4.82. The molecule has 0 aliphatic rings. The highest BCUT2D eigenvalue weighted by Crippen LogP contribution is 2.34. The van der Waals surface area contributed by atoms with Crippen LogP contribution in [0, 0.1) is 0 Å². The van der Waals surface area contributed by atoms with Gasteiger partial charge in [0.1, 0.15) is 6.33 Å². The zero-order valence-corrected chi connectivity index (χ0v) is 10.2. The maximum Gasteiger partial charge on any atom is 0.152 e. The molecule has 0 fully saturated rings. The van der Waals surface area contributed by atoms with Crippen molar-refractivity contribution in [2.75, 3.05) is 5.32 Å². The predicted molar refractivity (Wildman–Crippen MR) is 67.5 cm³/mol. The SMILES string of the molecule is Oc1c(Cl)cc(NCc2cncnc2)cc1Cl. The third kappa shape index (κ3) is 2.99. The number of aromatic nitrogens is 2. The number of phenols is 1. The lowest BCUT2D eigenvalue weighted by atomic mass is 10.2. The van der Waals surface area contributed by atoms with Crippen LogP contribution in [-0.4, -0.2) is 15.1 Å². The summed E-state index contributed by atoms with van der Waals surface area (Å²) in [6, 6.07) is 3.21. The summed E-state index contributed by atoms with van der Waals surface area (Å²) in [5.41, 5.74) is 1.66. The molecule has 2 aromatic rings. The fraction of sp³-hybridized carbons (Fsp3) is 0.0909. The molecule has 0 unspecified atom stereocenters. The first kappa shape index (κ1) is 12.0. The summed E-state index contributed by atoms with van der Waals surface area (Å²) in [7, 11) is 0. The molecule has 0 amide bonds. The zero-order chi connectivity index (χ0) is 12.3. The molecule has 1 aromatic carbocycles. The molecule has 1 aromatic heterocycles. The van der Waals surface area contributed by atoms with Gasteiger partial charge >= 0.3 is 0 Å². The minimum Gasteiger partial charge on any atom is -0.505 e. The second-order valence-corrected chi connectivity index (χ2v) is 4.20. The van der Waals surface area contributed by atoms with Crippen LogP contribution in [0.5, 0.6) is 5.75 Å². The molecule has 2 N–H and O–H groups in total. The summed E-state index contributed by atoms with van der Waals surface area (Å²) in [4.78, 5) is 7.81. The molecule has 0 bridgehead atoms. The Labute approximate surface area is 108 Å². The van der Waals surface area contributed by atoms with E-state index in [2.05, 4.69) is 15.3 Å².